The minimum atomic E-state index is -3.82. The lowest BCUT2D eigenvalue weighted by Gasteiger charge is -2.14. The van der Waals surface area contributed by atoms with Gasteiger partial charge in [0.15, 0.2) is 0 Å². The van der Waals surface area contributed by atoms with E-state index in [9.17, 15) is 13.2 Å². The molecule has 1 heterocycles. The molecule has 0 bridgehead atoms. The molecule has 0 fully saturated rings. The van der Waals surface area contributed by atoms with Crippen LogP contribution in [0.15, 0.2) is 41.3 Å². The molecule has 1 amide bonds. The molecule has 1 atom stereocenters. The van der Waals surface area contributed by atoms with Gasteiger partial charge in [0, 0.05) is 11.4 Å². The van der Waals surface area contributed by atoms with E-state index in [1.165, 1.54) is 25.3 Å². The van der Waals surface area contributed by atoms with Gasteiger partial charge in [-0.3, -0.25) is 9.52 Å². The summed E-state index contributed by atoms with van der Waals surface area (Å²) in [5.41, 5.74) is 1.89. The lowest BCUT2D eigenvalue weighted by molar-refractivity contribution is -0.117. The molecule has 0 aliphatic carbocycles. The molecule has 0 saturated carbocycles. The zero-order valence-corrected chi connectivity index (χ0v) is 16.1. The van der Waals surface area contributed by atoms with Crippen molar-refractivity contribution >= 4 is 38.9 Å². The summed E-state index contributed by atoms with van der Waals surface area (Å²) in [6, 6.07) is 9.26. The fourth-order valence-electron chi connectivity index (χ4n) is 3.04. The molecule has 6 nitrogen and oxygen atoms in total. The standard InChI is InChI=1S/C18H19ClN2O4S/c1-10(2)17-13-8-11(4-6-15(13)20-18(17)22)21-26(23,24)12-5-7-16(25-3)14(19)9-12/h4-10,17,21H,1-3H3,(H,20,22). The van der Waals surface area contributed by atoms with Gasteiger partial charge in [0.05, 0.1) is 22.9 Å². The number of fused-ring (bicyclic) bond motifs is 1. The van der Waals surface area contributed by atoms with Crippen LogP contribution in [0.1, 0.15) is 25.3 Å². The van der Waals surface area contributed by atoms with Crippen LogP contribution in [0.4, 0.5) is 11.4 Å². The largest absolute Gasteiger partial charge is 0.495 e. The molecule has 2 aromatic carbocycles. The second-order valence-electron chi connectivity index (χ2n) is 6.41. The van der Waals surface area contributed by atoms with Crippen molar-refractivity contribution in [1.82, 2.24) is 0 Å². The maximum atomic E-state index is 12.6. The van der Waals surface area contributed by atoms with Crippen LogP contribution >= 0.6 is 11.6 Å². The van der Waals surface area contributed by atoms with Gasteiger partial charge in [0.1, 0.15) is 5.75 Å². The number of carbonyl (C=O) groups excluding carboxylic acids is 1. The molecule has 0 aromatic heterocycles. The lowest BCUT2D eigenvalue weighted by Crippen LogP contribution is -2.17. The van der Waals surface area contributed by atoms with Crippen molar-refractivity contribution in [3.8, 4) is 5.75 Å². The highest BCUT2D eigenvalue weighted by atomic mass is 35.5. The SMILES string of the molecule is COc1ccc(S(=O)(=O)Nc2ccc3c(c2)C(C(C)C)C(=O)N3)cc1Cl. The molecule has 1 aliphatic heterocycles. The quantitative estimate of drug-likeness (QED) is 0.806. The molecule has 0 radical (unpaired) electrons. The Labute approximate surface area is 157 Å². The molecule has 138 valence electrons. The Morgan fingerprint density at radius 1 is 1.19 bits per heavy atom. The van der Waals surface area contributed by atoms with E-state index in [2.05, 4.69) is 10.0 Å². The first-order chi connectivity index (χ1) is 12.2. The van der Waals surface area contributed by atoms with Gasteiger partial charge < -0.3 is 10.1 Å². The number of sulfonamides is 1. The van der Waals surface area contributed by atoms with E-state index >= 15 is 0 Å². The number of amides is 1. The van der Waals surface area contributed by atoms with Crippen molar-refractivity contribution in [3.63, 3.8) is 0 Å². The molecule has 1 aliphatic rings. The highest BCUT2D eigenvalue weighted by molar-refractivity contribution is 7.92. The molecule has 0 spiro atoms. The summed E-state index contributed by atoms with van der Waals surface area (Å²) in [6.45, 7) is 3.91. The van der Waals surface area contributed by atoms with Gasteiger partial charge >= 0.3 is 0 Å². The van der Waals surface area contributed by atoms with E-state index in [4.69, 9.17) is 16.3 Å². The maximum Gasteiger partial charge on any atom is 0.261 e. The van der Waals surface area contributed by atoms with Crippen molar-refractivity contribution in [1.29, 1.82) is 0 Å². The van der Waals surface area contributed by atoms with Crippen LogP contribution in [0.5, 0.6) is 5.75 Å². The topological polar surface area (TPSA) is 84.5 Å². The molecule has 2 N–H and O–H groups in total. The van der Waals surface area contributed by atoms with Crippen molar-refractivity contribution in [2.75, 3.05) is 17.1 Å². The van der Waals surface area contributed by atoms with Gasteiger partial charge in [0.2, 0.25) is 5.91 Å². The van der Waals surface area contributed by atoms with Gasteiger partial charge in [-0.2, -0.15) is 0 Å². The molecule has 8 heteroatoms. The van der Waals surface area contributed by atoms with Gasteiger partial charge in [-0.25, -0.2) is 8.42 Å². The summed E-state index contributed by atoms with van der Waals surface area (Å²) in [7, 11) is -2.37. The van der Waals surface area contributed by atoms with Gasteiger partial charge in [0.25, 0.3) is 10.0 Å². The minimum Gasteiger partial charge on any atom is -0.495 e. The molecular formula is C18H19ClN2O4S. The average Bonchev–Trinajstić information content (AvgIpc) is 2.89. The molecule has 0 saturated heterocycles. The summed E-state index contributed by atoms with van der Waals surface area (Å²) in [6.07, 6.45) is 0. The zero-order chi connectivity index (χ0) is 19.1. The van der Waals surface area contributed by atoms with E-state index in [-0.39, 0.29) is 27.7 Å². The first-order valence-corrected chi connectivity index (χ1v) is 9.90. The number of benzene rings is 2. The van der Waals surface area contributed by atoms with Crippen LogP contribution in [-0.4, -0.2) is 21.4 Å². The molecule has 1 unspecified atom stereocenters. The van der Waals surface area contributed by atoms with Crippen LogP contribution in [0.3, 0.4) is 0 Å². The Bertz CT molecular complexity index is 973. The predicted octanol–water partition coefficient (Wildman–Crippen LogP) is 3.84. The molecular weight excluding hydrogens is 376 g/mol. The van der Waals surface area contributed by atoms with Crippen LogP contribution in [0.2, 0.25) is 5.02 Å². The van der Waals surface area contributed by atoms with Gasteiger partial charge in [-0.1, -0.05) is 25.4 Å². The fourth-order valence-corrected chi connectivity index (χ4v) is 4.44. The molecule has 3 rings (SSSR count). The van der Waals surface area contributed by atoms with E-state index < -0.39 is 10.0 Å². The fraction of sp³-hybridized carbons (Fsp3) is 0.278. The second kappa shape index (κ2) is 6.81. The highest BCUT2D eigenvalue weighted by Crippen LogP contribution is 2.39. The van der Waals surface area contributed by atoms with Crippen molar-refractivity contribution in [3.05, 3.63) is 47.0 Å². The van der Waals surface area contributed by atoms with Gasteiger partial charge in [-0.15, -0.1) is 0 Å². The number of nitrogens with one attached hydrogen (secondary N) is 2. The lowest BCUT2D eigenvalue weighted by atomic mass is 9.89. The van der Waals surface area contributed by atoms with E-state index in [0.29, 0.717) is 17.1 Å². The number of hydrogen-bond donors (Lipinski definition) is 2. The second-order valence-corrected chi connectivity index (χ2v) is 8.50. The van der Waals surface area contributed by atoms with Gasteiger partial charge in [-0.05, 0) is 47.9 Å². The number of rotatable bonds is 5. The third-order valence-electron chi connectivity index (χ3n) is 4.28. The van der Waals surface area contributed by atoms with Crippen LogP contribution in [0.25, 0.3) is 0 Å². The van der Waals surface area contributed by atoms with Crippen molar-refractivity contribution in [2.45, 2.75) is 24.7 Å². The normalized spacial score (nSPS) is 16.3. The van der Waals surface area contributed by atoms with Crippen LogP contribution in [-0.2, 0) is 14.8 Å². The number of anilines is 2. The minimum absolute atomic E-state index is 0.0263. The van der Waals surface area contributed by atoms with Crippen LogP contribution < -0.4 is 14.8 Å². The first-order valence-electron chi connectivity index (χ1n) is 8.04. The number of halogens is 1. The number of carbonyl (C=O) groups is 1. The molecule has 26 heavy (non-hydrogen) atoms. The summed E-state index contributed by atoms with van der Waals surface area (Å²) in [5.74, 6) is 0.123. The van der Waals surface area contributed by atoms with E-state index in [1.54, 1.807) is 18.2 Å². The number of hydrogen-bond acceptors (Lipinski definition) is 4. The Morgan fingerprint density at radius 3 is 2.54 bits per heavy atom. The smallest absolute Gasteiger partial charge is 0.261 e. The predicted molar refractivity (Wildman–Crippen MR) is 101 cm³/mol. The van der Waals surface area contributed by atoms with Crippen molar-refractivity contribution < 1.29 is 17.9 Å². The van der Waals surface area contributed by atoms with Crippen LogP contribution in [0, 0.1) is 5.92 Å². The van der Waals surface area contributed by atoms with E-state index in [1.807, 2.05) is 13.8 Å². The van der Waals surface area contributed by atoms with E-state index in [0.717, 1.165) is 5.56 Å². The number of methoxy groups -OCH3 is 1. The maximum absolute atomic E-state index is 12.6. The van der Waals surface area contributed by atoms with Crippen molar-refractivity contribution in [2.24, 2.45) is 5.92 Å². The third-order valence-corrected chi connectivity index (χ3v) is 5.95. The Hall–Kier alpha value is -2.25. The summed E-state index contributed by atoms with van der Waals surface area (Å²) in [4.78, 5) is 12.1. The Kier molecular flexibility index (Phi) is 4.86. The number of ether oxygens (including phenoxy) is 1. The molecule has 2 aromatic rings. The summed E-state index contributed by atoms with van der Waals surface area (Å²) in [5, 5.41) is 3.03. The Morgan fingerprint density at radius 2 is 1.92 bits per heavy atom. The summed E-state index contributed by atoms with van der Waals surface area (Å²) >= 11 is 6.02. The third kappa shape index (κ3) is 3.37. The average molecular weight is 395 g/mol. The summed E-state index contributed by atoms with van der Waals surface area (Å²) < 4.78 is 32.9. The monoisotopic (exact) mass is 394 g/mol. The zero-order valence-electron chi connectivity index (χ0n) is 14.5. The highest BCUT2D eigenvalue weighted by Gasteiger charge is 2.33. The Balaban J connectivity index is 1.92. The first kappa shape index (κ1) is 18.5.